The summed E-state index contributed by atoms with van der Waals surface area (Å²) in [5.41, 5.74) is 5.48. The number of aryl methyl sites for hydroxylation is 1. The predicted octanol–water partition coefficient (Wildman–Crippen LogP) is 3.97. The molecule has 0 amide bonds. The Bertz CT molecular complexity index is 1220. The third-order valence-corrected chi connectivity index (χ3v) is 7.23. The molecule has 2 fully saturated rings. The molecule has 35 heavy (non-hydrogen) atoms. The lowest BCUT2D eigenvalue weighted by molar-refractivity contribution is 0.101. The first-order valence-electron chi connectivity index (χ1n) is 12.5. The topological polar surface area (TPSA) is 70.2 Å². The molecule has 174 valence electrons. The molecule has 1 aromatic carbocycles. The van der Waals surface area contributed by atoms with Crippen molar-refractivity contribution in [1.29, 1.82) is 0 Å². The van der Waals surface area contributed by atoms with Crippen LogP contribution >= 0.6 is 0 Å². The molecule has 1 saturated heterocycles. The van der Waals surface area contributed by atoms with E-state index in [0.717, 1.165) is 65.6 Å². The van der Waals surface area contributed by atoms with Crippen LogP contribution in [-0.2, 0) is 6.42 Å². The highest BCUT2D eigenvalue weighted by atomic mass is 15.3. The van der Waals surface area contributed by atoms with Gasteiger partial charge in [-0.15, -0.1) is 10.2 Å². The van der Waals surface area contributed by atoms with Gasteiger partial charge < -0.3 is 10.2 Å². The number of nitrogens with zero attached hydrogens (tertiary/aromatic N) is 6. The molecule has 10 heteroatoms. The SMILES string of the molecule is [B]C([B])([B])Cc1nc(NC2CCN(C3CCC3)CC2)nn2ccc(-c3ccc(N=NC)c(C)c3)c12. The Morgan fingerprint density at radius 2 is 1.89 bits per heavy atom. The van der Waals surface area contributed by atoms with E-state index in [1.807, 2.05) is 35.8 Å². The van der Waals surface area contributed by atoms with Gasteiger partial charge in [0.25, 0.3) is 0 Å². The number of hydrogen-bond acceptors (Lipinski definition) is 6. The van der Waals surface area contributed by atoms with E-state index in [1.54, 1.807) is 7.05 Å². The fraction of sp³-hybridized carbons (Fsp3) is 0.520. The van der Waals surface area contributed by atoms with Crippen molar-refractivity contribution in [3.05, 3.63) is 41.7 Å². The maximum Gasteiger partial charge on any atom is 0.241 e. The van der Waals surface area contributed by atoms with Gasteiger partial charge >= 0.3 is 0 Å². The zero-order valence-corrected chi connectivity index (χ0v) is 20.6. The maximum absolute atomic E-state index is 6.03. The highest BCUT2D eigenvalue weighted by Gasteiger charge is 2.29. The standard InChI is InChI=1S/C25H30B3N7/c1-16-14-17(6-7-21(16)32-29-2)20-10-13-35-23(20)22(15-25(26,27)28)31-24(33-35)30-18-8-11-34(12-9-18)19-4-3-5-19/h6-7,10,13-14,18-19H,3-5,8-9,11-12,15H2,1-2H3,(H,30,33). The van der Waals surface area contributed by atoms with Gasteiger partial charge in [-0.05, 0) is 68.4 Å². The Morgan fingerprint density at radius 3 is 2.51 bits per heavy atom. The number of azo groups is 1. The summed E-state index contributed by atoms with van der Waals surface area (Å²) in [6.07, 6.45) is 8.39. The fourth-order valence-electron chi connectivity index (χ4n) is 5.19. The number of aromatic nitrogens is 3. The molecule has 0 spiro atoms. The number of rotatable bonds is 7. The number of anilines is 1. The van der Waals surface area contributed by atoms with E-state index in [0.29, 0.717) is 12.0 Å². The third kappa shape index (κ3) is 5.32. The molecule has 2 aromatic heterocycles. The molecule has 0 atom stereocenters. The van der Waals surface area contributed by atoms with E-state index in [9.17, 15) is 0 Å². The zero-order valence-electron chi connectivity index (χ0n) is 20.6. The molecule has 1 N–H and O–H groups in total. The monoisotopic (exact) mass is 461 g/mol. The van der Waals surface area contributed by atoms with Crippen molar-refractivity contribution in [2.24, 2.45) is 10.2 Å². The van der Waals surface area contributed by atoms with Gasteiger partial charge in [0.1, 0.15) is 0 Å². The second-order valence-electron chi connectivity index (χ2n) is 10.0. The molecular formula is C25H30B3N7. The normalized spacial score (nSPS) is 18.3. The van der Waals surface area contributed by atoms with Gasteiger partial charge in [-0.1, -0.05) is 12.5 Å². The highest BCUT2D eigenvalue weighted by Crippen LogP contribution is 2.34. The van der Waals surface area contributed by atoms with Crippen molar-refractivity contribution in [2.45, 2.75) is 62.6 Å². The quantitative estimate of drug-likeness (QED) is 0.428. The average Bonchev–Trinajstić information content (AvgIpc) is 3.19. The Kier molecular flexibility index (Phi) is 6.75. The summed E-state index contributed by atoms with van der Waals surface area (Å²) in [5, 5.41) is 15.0. The van der Waals surface area contributed by atoms with E-state index in [4.69, 9.17) is 33.6 Å². The van der Waals surface area contributed by atoms with E-state index >= 15 is 0 Å². The summed E-state index contributed by atoms with van der Waals surface area (Å²) in [6.45, 7) is 4.26. The Morgan fingerprint density at radius 1 is 1.11 bits per heavy atom. The lowest BCUT2D eigenvalue weighted by Crippen LogP contribution is -2.47. The minimum atomic E-state index is -1.39. The van der Waals surface area contributed by atoms with Gasteiger partial charge in [0, 0.05) is 44.0 Å². The molecule has 5 rings (SSSR count). The van der Waals surface area contributed by atoms with Crippen molar-refractivity contribution in [1.82, 2.24) is 19.5 Å². The van der Waals surface area contributed by atoms with Gasteiger partial charge in [0.15, 0.2) is 0 Å². The highest BCUT2D eigenvalue weighted by molar-refractivity contribution is 6.59. The van der Waals surface area contributed by atoms with Gasteiger partial charge in [-0.3, -0.25) is 0 Å². The van der Waals surface area contributed by atoms with E-state index in [1.165, 1.54) is 19.3 Å². The van der Waals surface area contributed by atoms with Gasteiger partial charge in [0.05, 0.1) is 40.4 Å². The molecule has 2 aliphatic rings. The average molecular weight is 461 g/mol. The second kappa shape index (κ2) is 9.80. The molecule has 1 saturated carbocycles. The van der Waals surface area contributed by atoms with Crippen LogP contribution < -0.4 is 5.32 Å². The molecule has 6 radical (unpaired) electrons. The van der Waals surface area contributed by atoms with Gasteiger partial charge in [0.2, 0.25) is 5.95 Å². The fourth-order valence-corrected chi connectivity index (χ4v) is 5.19. The lowest BCUT2D eigenvalue weighted by Gasteiger charge is -2.41. The number of hydrogen-bond donors (Lipinski definition) is 1. The van der Waals surface area contributed by atoms with E-state index in [2.05, 4.69) is 26.5 Å². The van der Waals surface area contributed by atoms with Crippen LogP contribution in [0, 0.1) is 6.92 Å². The van der Waals surface area contributed by atoms with Crippen LogP contribution in [0.5, 0.6) is 0 Å². The summed E-state index contributed by atoms with van der Waals surface area (Å²) in [6, 6.07) is 9.25. The molecular weight excluding hydrogens is 431 g/mol. The second-order valence-corrected chi connectivity index (χ2v) is 10.0. The van der Waals surface area contributed by atoms with Crippen molar-refractivity contribution in [3.63, 3.8) is 0 Å². The molecule has 1 aliphatic heterocycles. The summed E-state index contributed by atoms with van der Waals surface area (Å²) < 4.78 is 1.85. The van der Waals surface area contributed by atoms with Crippen LogP contribution in [0.4, 0.5) is 11.6 Å². The Balaban J connectivity index is 1.44. The first kappa shape index (κ1) is 24.1. The molecule has 0 bridgehead atoms. The molecule has 0 unspecified atom stereocenters. The van der Waals surface area contributed by atoms with Crippen LogP contribution in [-0.4, -0.2) is 75.3 Å². The Labute approximate surface area is 211 Å². The van der Waals surface area contributed by atoms with Crippen molar-refractivity contribution < 1.29 is 0 Å². The molecule has 1 aliphatic carbocycles. The predicted molar refractivity (Wildman–Crippen MR) is 143 cm³/mol. The summed E-state index contributed by atoms with van der Waals surface area (Å²) >= 11 is 0. The minimum absolute atomic E-state index is 0.214. The summed E-state index contributed by atoms with van der Waals surface area (Å²) in [4.78, 5) is 7.49. The first-order chi connectivity index (χ1) is 16.8. The van der Waals surface area contributed by atoms with Crippen LogP contribution in [0.15, 0.2) is 40.7 Å². The molecule has 3 heterocycles. The smallest absolute Gasteiger partial charge is 0.241 e. The largest absolute Gasteiger partial charge is 0.350 e. The van der Waals surface area contributed by atoms with Gasteiger partial charge in [-0.25, -0.2) is 9.50 Å². The van der Waals surface area contributed by atoms with Crippen LogP contribution in [0.1, 0.15) is 43.4 Å². The Hall–Kier alpha value is -2.61. The number of nitrogens with one attached hydrogen (secondary N) is 1. The summed E-state index contributed by atoms with van der Waals surface area (Å²) in [7, 11) is 19.7. The number of benzene rings is 1. The van der Waals surface area contributed by atoms with Crippen molar-refractivity contribution in [3.8, 4) is 11.1 Å². The maximum atomic E-state index is 6.03. The minimum Gasteiger partial charge on any atom is -0.350 e. The van der Waals surface area contributed by atoms with Crippen molar-refractivity contribution in [2.75, 3.05) is 25.5 Å². The van der Waals surface area contributed by atoms with Crippen LogP contribution in [0.2, 0.25) is 5.11 Å². The zero-order chi connectivity index (χ0) is 24.6. The first-order valence-corrected chi connectivity index (χ1v) is 12.5. The number of piperidine rings is 1. The van der Waals surface area contributed by atoms with Crippen LogP contribution in [0.3, 0.4) is 0 Å². The summed E-state index contributed by atoms with van der Waals surface area (Å²) in [5.74, 6) is 0.580. The molecule has 7 nitrogen and oxygen atoms in total. The number of likely N-dealkylation sites (tertiary alicyclic amines) is 1. The third-order valence-electron chi connectivity index (χ3n) is 7.23. The lowest BCUT2D eigenvalue weighted by atomic mass is 9.41. The van der Waals surface area contributed by atoms with Gasteiger partial charge in [-0.2, -0.15) is 10.2 Å². The molecule has 3 aromatic rings. The van der Waals surface area contributed by atoms with E-state index < -0.39 is 5.11 Å². The van der Waals surface area contributed by atoms with Crippen molar-refractivity contribution >= 4 is 40.7 Å². The number of fused-ring (bicyclic) bond motifs is 1. The van der Waals surface area contributed by atoms with Crippen LogP contribution in [0.25, 0.3) is 16.6 Å². The van der Waals surface area contributed by atoms with E-state index in [-0.39, 0.29) is 6.42 Å².